The van der Waals surface area contributed by atoms with E-state index in [1.807, 2.05) is 19.9 Å². The van der Waals surface area contributed by atoms with Crippen LogP contribution in [0, 0.1) is 5.92 Å². The average molecular weight is 414 g/mol. The normalized spacial score (nSPS) is 15.6. The first-order chi connectivity index (χ1) is 14.6. The monoisotopic (exact) mass is 413 g/mol. The Morgan fingerprint density at radius 3 is 2.33 bits per heavy atom. The summed E-state index contributed by atoms with van der Waals surface area (Å²) < 4.78 is 23.3. The molecular weight excluding hydrogens is 378 g/mol. The number of benzene rings is 2. The van der Waals surface area contributed by atoms with Crippen LogP contribution in [0.2, 0.25) is 0 Å². The van der Waals surface area contributed by atoms with E-state index in [4.69, 9.17) is 18.9 Å². The van der Waals surface area contributed by atoms with E-state index in [2.05, 4.69) is 43.4 Å². The lowest BCUT2D eigenvalue weighted by Crippen LogP contribution is -2.30. The summed E-state index contributed by atoms with van der Waals surface area (Å²) in [5.74, 6) is 3.79. The summed E-state index contributed by atoms with van der Waals surface area (Å²) in [7, 11) is 1.69. The van der Waals surface area contributed by atoms with Gasteiger partial charge in [-0.2, -0.15) is 0 Å². The zero-order valence-electron chi connectivity index (χ0n) is 18.9. The van der Waals surface area contributed by atoms with E-state index in [-0.39, 0.29) is 6.04 Å². The molecule has 0 amide bonds. The maximum absolute atomic E-state index is 5.96. The van der Waals surface area contributed by atoms with Gasteiger partial charge < -0.3 is 24.3 Å². The second kappa shape index (κ2) is 10.6. The summed E-state index contributed by atoms with van der Waals surface area (Å²) in [4.78, 5) is 0. The molecule has 0 aliphatic carbocycles. The Morgan fingerprint density at radius 1 is 0.933 bits per heavy atom. The van der Waals surface area contributed by atoms with Crippen molar-refractivity contribution in [3.8, 4) is 23.0 Å². The van der Waals surface area contributed by atoms with Crippen LogP contribution < -0.4 is 24.3 Å². The fourth-order valence-corrected chi connectivity index (χ4v) is 3.79. The van der Waals surface area contributed by atoms with Crippen LogP contribution in [0.4, 0.5) is 0 Å². The maximum atomic E-state index is 5.96. The summed E-state index contributed by atoms with van der Waals surface area (Å²) in [5.41, 5.74) is 3.67. The molecule has 1 heterocycles. The lowest BCUT2D eigenvalue weighted by molar-refractivity contribution is 0.272. The average Bonchev–Trinajstić information content (AvgIpc) is 2.74. The van der Waals surface area contributed by atoms with E-state index in [0.717, 1.165) is 47.9 Å². The van der Waals surface area contributed by atoms with Gasteiger partial charge in [-0.25, -0.2) is 0 Å². The molecule has 0 saturated heterocycles. The van der Waals surface area contributed by atoms with E-state index in [9.17, 15) is 0 Å². The quantitative estimate of drug-likeness (QED) is 0.584. The molecule has 0 aromatic heterocycles. The smallest absolute Gasteiger partial charge is 0.161 e. The van der Waals surface area contributed by atoms with Crippen molar-refractivity contribution in [2.75, 3.05) is 33.5 Å². The number of ether oxygens (including phenoxy) is 4. The third-order valence-electron chi connectivity index (χ3n) is 5.33. The molecule has 30 heavy (non-hydrogen) atoms. The highest BCUT2D eigenvalue weighted by Gasteiger charge is 2.25. The number of fused-ring (bicyclic) bond motifs is 1. The van der Waals surface area contributed by atoms with Crippen molar-refractivity contribution in [1.82, 2.24) is 5.32 Å². The van der Waals surface area contributed by atoms with Gasteiger partial charge in [0.1, 0.15) is 0 Å². The zero-order chi connectivity index (χ0) is 21.5. The molecule has 2 aromatic carbocycles. The Balaban J connectivity index is 1.91. The number of methoxy groups -OCH3 is 1. The van der Waals surface area contributed by atoms with E-state index in [1.165, 1.54) is 11.1 Å². The summed E-state index contributed by atoms with van der Waals surface area (Å²) >= 11 is 0. The Labute approximate surface area is 180 Å². The van der Waals surface area contributed by atoms with Crippen molar-refractivity contribution in [3.05, 3.63) is 47.0 Å². The van der Waals surface area contributed by atoms with Gasteiger partial charge >= 0.3 is 0 Å². The molecule has 0 fully saturated rings. The van der Waals surface area contributed by atoms with Crippen LogP contribution in [0.5, 0.6) is 23.0 Å². The van der Waals surface area contributed by atoms with Crippen LogP contribution in [-0.2, 0) is 6.42 Å². The van der Waals surface area contributed by atoms with Gasteiger partial charge in [0.15, 0.2) is 23.0 Å². The Morgan fingerprint density at radius 2 is 1.67 bits per heavy atom. The number of nitrogens with one attached hydrogen (secondary N) is 1. The third kappa shape index (κ3) is 5.20. The SMILES string of the molecule is CCOc1cc2c(cc1OCC)C(c1ccc(OCCC(C)C)c(OC)c1)NCC2. The fraction of sp³-hybridized carbons (Fsp3) is 0.520. The van der Waals surface area contributed by atoms with Gasteiger partial charge in [-0.1, -0.05) is 19.9 Å². The van der Waals surface area contributed by atoms with Gasteiger partial charge in [0.2, 0.25) is 0 Å². The van der Waals surface area contributed by atoms with Gasteiger partial charge in [-0.15, -0.1) is 0 Å². The highest BCUT2D eigenvalue weighted by molar-refractivity contribution is 5.53. The number of hydrogen-bond donors (Lipinski definition) is 1. The van der Waals surface area contributed by atoms with Crippen molar-refractivity contribution in [3.63, 3.8) is 0 Å². The van der Waals surface area contributed by atoms with Crippen LogP contribution in [0.25, 0.3) is 0 Å². The predicted octanol–water partition coefficient (Wildman–Crippen LogP) is 5.15. The molecule has 1 unspecified atom stereocenters. The first-order valence-electron chi connectivity index (χ1n) is 11.0. The second-order valence-corrected chi connectivity index (χ2v) is 7.94. The van der Waals surface area contributed by atoms with Gasteiger partial charge in [-0.05, 0) is 73.6 Å². The largest absolute Gasteiger partial charge is 0.493 e. The maximum Gasteiger partial charge on any atom is 0.161 e. The van der Waals surface area contributed by atoms with Crippen LogP contribution in [-0.4, -0.2) is 33.5 Å². The molecule has 164 valence electrons. The minimum absolute atomic E-state index is 0.0715. The molecule has 0 saturated carbocycles. The van der Waals surface area contributed by atoms with E-state index in [0.29, 0.717) is 25.7 Å². The molecule has 5 heteroatoms. The minimum atomic E-state index is 0.0715. The molecule has 0 bridgehead atoms. The van der Waals surface area contributed by atoms with Crippen molar-refractivity contribution in [1.29, 1.82) is 0 Å². The first kappa shape index (κ1) is 22.3. The molecular formula is C25H35NO4. The zero-order valence-corrected chi connectivity index (χ0v) is 18.9. The van der Waals surface area contributed by atoms with E-state index < -0.39 is 0 Å². The van der Waals surface area contributed by atoms with Gasteiger partial charge in [0, 0.05) is 6.54 Å². The fourth-order valence-electron chi connectivity index (χ4n) is 3.79. The molecule has 5 nitrogen and oxygen atoms in total. The standard InChI is InChI=1S/C25H35NO4/c1-6-28-23-14-18-10-12-26-25(20(18)16-24(23)29-7-2)19-8-9-21(22(15-19)27-5)30-13-11-17(3)4/h8-9,14-17,25-26H,6-7,10-13H2,1-5H3. The molecule has 2 aromatic rings. The summed E-state index contributed by atoms with van der Waals surface area (Å²) in [6.07, 6.45) is 1.98. The Kier molecular flexibility index (Phi) is 7.86. The van der Waals surface area contributed by atoms with Crippen molar-refractivity contribution in [2.24, 2.45) is 5.92 Å². The van der Waals surface area contributed by atoms with Crippen LogP contribution in [0.15, 0.2) is 30.3 Å². The van der Waals surface area contributed by atoms with Gasteiger partial charge in [-0.3, -0.25) is 0 Å². The van der Waals surface area contributed by atoms with E-state index >= 15 is 0 Å². The number of hydrogen-bond acceptors (Lipinski definition) is 5. The second-order valence-electron chi connectivity index (χ2n) is 7.94. The summed E-state index contributed by atoms with van der Waals surface area (Å²) in [5, 5.41) is 3.65. The number of rotatable bonds is 10. The predicted molar refractivity (Wildman–Crippen MR) is 120 cm³/mol. The molecule has 1 N–H and O–H groups in total. The highest BCUT2D eigenvalue weighted by atomic mass is 16.5. The molecule has 3 rings (SSSR count). The van der Waals surface area contributed by atoms with Crippen LogP contribution in [0.3, 0.4) is 0 Å². The van der Waals surface area contributed by atoms with Crippen molar-refractivity contribution in [2.45, 2.75) is 46.6 Å². The lowest BCUT2D eigenvalue weighted by atomic mass is 9.89. The molecule has 0 spiro atoms. The van der Waals surface area contributed by atoms with Crippen molar-refractivity contribution >= 4 is 0 Å². The van der Waals surface area contributed by atoms with E-state index in [1.54, 1.807) is 7.11 Å². The summed E-state index contributed by atoms with van der Waals surface area (Å²) in [6, 6.07) is 10.5. The first-order valence-corrected chi connectivity index (χ1v) is 11.0. The third-order valence-corrected chi connectivity index (χ3v) is 5.33. The Hall–Kier alpha value is -2.40. The Bertz CT molecular complexity index is 834. The van der Waals surface area contributed by atoms with Crippen molar-refractivity contribution < 1.29 is 18.9 Å². The van der Waals surface area contributed by atoms with Crippen LogP contribution >= 0.6 is 0 Å². The molecule has 1 atom stereocenters. The topological polar surface area (TPSA) is 49.0 Å². The molecule has 1 aliphatic heterocycles. The highest BCUT2D eigenvalue weighted by Crippen LogP contribution is 2.39. The molecule has 1 aliphatic rings. The van der Waals surface area contributed by atoms with Crippen LogP contribution in [0.1, 0.15) is 56.8 Å². The molecule has 0 radical (unpaired) electrons. The summed E-state index contributed by atoms with van der Waals surface area (Å²) in [6.45, 7) is 11.2. The van der Waals surface area contributed by atoms with Gasteiger partial charge in [0.05, 0.1) is 33.0 Å². The minimum Gasteiger partial charge on any atom is -0.493 e. The van der Waals surface area contributed by atoms with Gasteiger partial charge in [0.25, 0.3) is 0 Å². The lowest BCUT2D eigenvalue weighted by Gasteiger charge is -2.29.